The molecule has 0 radical (unpaired) electrons. The zero-order chi connectivity index (χ0) is 16.5. The standard InChI is InChI=1S/C18H21N5O/c1-22-9-13-11-23(12-14(13)10-22)17(24)16-7-8-19-18(21-16)20-15-5-3-2-4-6-15/h2-8,13-14H,9-12H2,1H3,(H,19,20,21). The van der Waals surface area contributed by atoms with E-state index in [-0.39, 0.29) is 5.91 Å². The van der Waals surface area contributed by atoms with Crippen molar-refractivity contribution in [2.75, 3.05) is 38.5 Å². The fourth-order valence-corrected chi connectivity index (χ4v) is 3.74. The van der Waals surface area contributed by atoms with Crippen molar-refractivity contribution in [1.29, 1.82) is 0 Å². The molecule has 24 heavy (non-hydrogen) atoms. The second-order valence-electron chi connectivity index (χ2n) is 6.71. The zero-order valence-corrected chi connectivity index (χ0v) is 13.7. The summed E-state index contributed by atoms with van der Waals surface area (Å²) in [4.78, 5) is 25.7. The number of nitrogens with zero attached hydrogens (tertiary/aromatic N) is 4. The molecule has 2 atom stereocenters. The molecule has 124 valence electrons. The lowest BCUT2D eigenvalue weighted by atomic mass is 10.0. The summed E-state index contributed by atoms with van der Waals surface area (Å²) in [6.07, 6.45) is 1.64. The maximum atomic E-state index is 12.8. The smallest absolute Gasteiger partial charge is 0.272 e. The largest absolute Gasteiger partial charge is 0.337 e. The number of para-hydroxylation sites is 1. The van der Waals surface area contributed by atoms with Crippen LogP contribution in [0.25, 0.3) is 0 Å². The van der Waals surface area contributed by atoms with Gasteiger partial charge in [-0.15, -0.1) is 0 Å². The molecule has 2 aliphatic rings. The number of nitrogens with one attached hydrogen (secondary N) is 1. The Labute approximate surface area is 141 Å². The normalized spacial score (nSPS) is 23.3. The summed E-state index contributed by atoms with van der Waals surface area (Å²) in [6.45, 7) is 3.83. The second kappa shape index (κ2) is 6.20. The number of carbonyl (C=O) groups is 1. The SMILES string of the molecule is CN1CC2CN(C(=O)c3ccnc(Nc4ccccc4)n3)CC2C1. The molecular formula is C18H21N5O. The molecule has 1 N–H and O–H groups in total. The number of hydrogen-bond donors (Lipinski definition) is 1. The van der Waals surface area contributed by atoms with Crippen LogP contribution in [0.4, 0.5) is 11.6 Å². The van der Waals surface area contributed by atoms with Crippen molar-refractivity contribution in [2.24, 2.45) is 11.8 Å². The van der Waals surface area contributed by atoms with Crippen LogP contribution in [0.2, 0.25) is 0 Å². The second-order valence-corrected chi connectivity index (χ2v) is 6.71. The van der Waals surface area contributed by atoms with Gasteiger partial charge in [0.15, 0.2) is 0 Å². The van der Waals surface area contributed by atoms with Gasteiger partial charge in [0.1, 0.15) is 5.69 Å². The first-order chi connectivity index (χ1) is 11.7. The molecule has 6 heteroatoms. The van der Waals surface area contributed by atoms with E-state index in [2.05, 4.69) is 27.2 Å². The van der Waals surface area contributed by atoms with Gasteiger partial charge in [-0.05, 0) is 37.1 Å². The first-order valence-electron chi connectivity index (χ1n) is 8.32. The third-order valence-corrected chi connectivity index (χ3v) is 4.86. The fourth-order valence-electron chi connectivity index (χ4n) is 3.74. The van der Waals surface area contributed by atoms with Gasteiger partial charge >= 0.3 is 0 Å². The van der Waals surface area contributed by atoms with Crippen LogP contribution in [0.15, 0.2) is 42.6 Å². The molecule has 1 aromatic carbocycles. The monoisotopic (exact) mass is 323 g/mol. The van der Waals surface area contributed by atoms with Gasteiger partial charge in [0, 0.05) is 38.1 Å². The number of likely N-dealkylation sites (tertiary alicyclic amines) is 2. The Kier molecular flexibility index (Phi) is 3.90. The van der Waals surface area contributed by atoms with Crippen LogP contribution in [0.5, 0.6) is 0 Å². The molecule has 2 aromatic rings. The molecular weight excluding hydrogens is 302 g/mol. The molecule has 2 aliphatic heterocycles. The van der Waals surface area contributed by atoms with Gasteiger partial charge in [-0.1, -0.05) is 18.2 Å². The molecule has 0 spiro atoms. The molecule has 0 bridgehead atoms. The van der Waals surface area contributed by atoms with E-state index in [4.69, 9.17) is 0 Å². The first-order valence-corrected chi connectivity index (χ1v) is 8.32. The molecule has 0 aliphatic carbocycles. The predicted molar refractivity (Wildman–Crippen MR) is 92.1 cm³/mol. The number of benzene rings is 1. The number of rotatable bonds is 3. The minimum absolute atomic E-state index is 0.00515. The molecule has 6 nitrogen and oxygen atoms in total. The molecule has 1 aromatic heterocycles. The molecule has 2 saturated heterocycles. The van der Waals surface area contributed by atoms with Crippen LogP contribution in [-0.2, 0) is 0 Å². The van der Waals surface area contributed by atoms with Gasteiger partial charge in [0.25, 0.3) is 5.91 Å². The van der Waals surface area contributed by atoms with Crippen molar-refractivity contribution in [1.82, 2.24) is 19.8 Å². The Hall–Kier alpha value is -2.47. The van der Waals surface area contributed by atoms with Crippen molar-refractivity contribution in [3.05, 3.63) is 48.3 Å². The average molecular weight is 323 g/mol. The van der Waals surface area contributed by atoms with Crippen molar-refractivity contribution >= 4 is 17.5 Å². The number of hydrogen-bond acceptors (Lipinski definition) is 5. The van der Waals surface area contributed by atoms with Gasteiger partial charge < -0.3 is 15.1 Å². The van der Waals surface area contributed by atoms with Gasteiger partial charge in [-0.2, -0.15) is 0 Å². The van der Waals surface area contributed by atoms with E-state index in [9.17, 15) is 4.79 Å². The number of carbonyl (C=O) groups excluding carboxylic acids is 1. The number of aromatic nitrogens is 2. The van der Waals surface area contributed by atoms with Gasteiger partial charge in [0.05, 0.1) is 0 Å². The molecule has 2 unspecified atom stereocenters. The number of amides is 1. The van der Waals surface area contributed by atoms with Crippen molar-refractivity contribution in [3.8, 4) is 0 Å². The van der Waals surface area contributed by atoms with Crippen LogP contribution in [0.1, 0.15) is 10.5 Å². The Morgan fingerprint density at radius 1 is 1.08 bits per heavy atom. The van der Waals surface area contributed by atoms with E-state index >= 15 is 0 Å². The van der Waals surface area contributed by atoms with Crippen LogP contribution < -0.4 is 5.32 Å². The Balaban J connectivity index is 1.46. The van der Waals surface area contributed by atoms with Crippen LogP contribution in [0.3, 0.4) is 0 Å². The number of anilines is 2. The van der Waals surface area contributed by atoms with Gasteiger partial charge in [-0.3, -0.25) is 4.79 Å². The van der Waals surface area contributed by atoms with Gasteiger partial charge in [0.2, 0.25) is 5.95 Å². The van der Waals surface area contributed by atoms with E-state index in [0.717, 1.165) is 31.9 Å². The lowest BCUT2D eigenvalue weighted by molar-refractivity contribution is 0.0770. The first kappa shape index (κ1) is 15.1. The van der Waals surface area contributed by atoms with Crippen LogP contribution in [0, 0.1) is 11.8 Å². The molecule has 0 saturated carbocycles. The van der Waals surface area contributed by atoms with E-state index in [1.54, 1.807) is 12.3 Å². The Morgan fingerprint density at radius 2 is 1.79 bits per heavy atom. The van der Waals surface area contributed by atoms with Crippen molar-refractivity contribution in [2.45, 2.75) is 0 Å². The van der Waals surface area contributed by atoms with Crippen LogP contribution >= 0.6 is 0 Å². The Morgan fingerprint density at radius 3 is 2.50 bits per heavy atom. The predicted octanol–water partition coefficient (Wildman–Crippen LogP) is 1.85. The van der Waals surface area contributed by atoms with E-state index in [1.165, 1.54) is 0 Å². The van der Waals surface area contributed by atoms with Crippen molar-refractivity contribution < 1.29 is 4.79 Å². The highest BCUT2D eigenvalue weighted by atomic mass is 16.2. The van der Waals surface area contributed by atoms with Crippen molar-refractivity contribution in [3.63, 3.8) is 0 Å². The summed E-state index contributed by atoms with van der Waals surface area (Å²) in [5.41, 5.74) is 1.36. The maximum absolute atomic E-state index is 12.8. The average Bonchev–Trinajstić information content (AvgIpc) is 3.13. The lowest BCUT2D eigenvalue weighted by Crippen LogP contribution is -2.32. The lowest BCUT2D eigenvalue weighted by Gasteiger charge is -2.19. The minimum atomic E-state index is 0.00515. The van der Waals surface area contributed by atoms with Gasteiger partial charge in [-0.25, -0.2) is 9.97 Å². The third-order valence-electron chi connectivity index (χ3n) is 4.86. The topological polar surface area (TPSA) is 61.4 Å². The summed E-state index contributed by atoms with van der Waals surface area (Å²) in [5.74, 6) is 1.65. The number of fused-ring (bicyclic) bond motifs is 1. The summed E-state index contributed by atoms with van der Waals surface area (Å²) in [6, 6.07) is 11.4. The molecule has 4 rings (SSSR count). The molecule has 3 heterocycles. The quantitative estimate of drug-likeness (QED) is 0.934. The van der Waals surface area contributed by atoms with E-state index in [0.29, 0.717) is 23.5 Å². The highest BCUT2D eigenvalue weighted by Crippen LogP contribution is 2.30. The summed E-state index contributed by atoms with van der Waals surface area (Å²) in [5, 5.41) is 3.14. The van der Waals surface area contributed by atoms with E-state index in [1.807, 2.05) is 35.2 Å². The summed E-state index contributed by atoms with van der Waals surface area (Å²) >= 11 is 0. The zero-order valence-electron chi connectivity index (χ0n) is 13.7. The molecule has 2 fully saturated rings. The Bertz CT molecular complexity index is 721. The highest BCUT2D eigenvalue weighted by Gasteiger charge is 2.40. The maximum Gasteiger partial charge on any atom is 0.272 e. The third kappa shape index (κ3) is 2.97. The van der Waals surface area contributed by atoms with Crippen LogP contribution in [-0.4, -0.2) is 58.9 Å². The minimum Gasteiger partial charge on any atom is -0.337 e. The highest BCUT2D eigenvalue weighted by molar-refractivity contribution is 5.92. The summed E-state index contributed by atoms with van der Waals surface area (Å²) in [7, 11) is 2.15. The summed E-state index contributed by atoms with van der Waals surface area (Å²) < 4.78 is 0. The fraction of sp³-hybridized carbons (Fsp3) is 0.389. The van der Waals surface area contributed by atoms with E-state index < -0.39 is 0 Å². The molecule has 1 amide bonds.